The Kier molecular flexibility index (Phi) is 5.83. The van der Waals surface area contributed by atoms with E-state index in [1.165, 1.54) is 0 Å². The van der Waals surface area contributed by atoms with Crippen LogP contribution in [0.2, 0.25) is 0 Å². The number of benzene rings is 1. The first kappa shape index (κ1) is 18.0. The maximum Gasteiger partial charge on any atom is 0.244 e. The van der Waals surface area contributed by atoms with Gasteiger partial charge in [0.2, 0.25) is 10.0 Å². The highest BCUT2D eigenvalue weighted by Gasteiger charge is 2.28. The van der Waals surface area contributed by atoms with Gasteiger partial charge >= 0.3 is 0 Å². The molecule has 1 aromatic rings. The summed E-state index contributed by atoms with van der Waals surface area (Å²) in [4.78, 5) is -0.656. The predicted octanol–water partition coefficient (Wildman–Crippen LogP) is 2.54. The van der Waals surface area contributed by atoms with Gasteiger partial charge in [-0.1, -0.05) is 13.8 Å². The SMILES string of the molecule is CCNCc1cc(F)c(F)c(S(=O)(=O)NC(C)(C)CC)c1. The molecule has 0 aromatic heterocycles. The van der Waals surface area contributed by atoms with Crippen molar-refractivity contribution in [2.75, 3.05) is 6.54 Å². The summed E-state index contributed by atoms with van der Waals surface area (Å²) in [5, 5.41) is 2.94. The van der Waals surface area contributed by atoms with Crippen LogP contribution >= 0.6 is 0 Å². The maximum atomic E-state index is 13.9. The summed E-state index contributed by atoms with van der Waals surface area (Å²) in [6, 6.07) is 2.16. The molecule has 2 N–H and O–H groups in total. The molecular weight excluding hydrogens is 298 g/mol. The first-order valence-electron chi connectivity index (χ1n) is 6.85. The zero-order chi connectivity index (χ0) is 16.3. The summed E-state index contributed by atoms with van der Waals surface area (Å²) in [7, 11) is -4.12. The lowest BCUT2D eigenvalue weighted by atomic mass is 10.0. The van der Waals surface area contributed by atoms with Crippen molar-refractivity contribution in [2.45, 2.75) is 51.1 Å². The third-order valence-corrected chi connectivity index (χ3v) is 4.92. The number of halogens is 2. The van der Waals surface area contributed by atoms with Crippen molar-refractivity contribution in [3.05, 3.63) is 29.3 Å². The van der Waals surface area contributed by atoms with Crippen LogP contribution in [0.5, 0.6) is 0 Å². The molecule has 1 aromatic carbocycles. The molecule has 0 unspecified atom stereocenters. The first-order chi connectivity index (χ1) is 9.63. The molecule has 0 amide bonds. The minimum absolute atomic E-state index is 0.271. The number of hydrogen-bond acceptors (Lipinski definition) is 3. The first-order valence-corrected chi connectivity index (χ1v) is 8.34. The highest BCUT2D eigenvalue weighted by atomic mass is 32.2. The molecule has 4 nitrogen and oxygen atoms in total. The van der Waals surface area contributed by atoms with Gasteiger partial charge in [-0.2, -0.15) is 0 Å². The third-order valence-electron chi connectivity index (χ3n) is 3.22. The van der Waals surface area contributed by atoms with E-state index in [0.717, 1.165) is 12.1 Å². The largest absolute Gasteiger partial charge is 0.313 e. The molecule has 0 saturated heterocycles. The Hall–Kier alpha value is -1.05. The average Bonchev–Trinajstić information content (AvgIpc) is 2.38. The minimum Gasteiger partial charge on any atom is -0.313 e. The molecule has 0 saturated carbocycles. The van der Waals surface area contributed by atoms with Crippen molar-refractivity contribution in [1.29, 1.82) is 0 Å². The number of nitrogens with one attached hydrogen (secondary N) is 2. The molecule has 1 rings (SSSR count). The van der Waals surface area contributed by atoms with Crippen LogP contribution < -0.4 is 10.0 Å². The monoisotopic (exact) mass is 320 g/mol. The molecule has 0 fully saturated rings. The van der Waals surface area contributed by atoms with E-state index in [9.17, 15) is 17.2 Å². The molecular formula is C14H22F2N2O2S. The lowest BCUT2D eigenvalue weighted by Crippen LogP contribution is -2.43. The van der Waals surface area contributed by atoms with E-state index in [1.807, 2.05) is 6.92 Å². The predicted molar refractivity (Wildman–Crippen MR) is 78.4 cm³/mol. The van der Waals surface area contributed by atoms with Crippen LogP contribution in [-0.4, -0.2) is 20.5 Å². The van der Waals surface area contributed by atoms with E-state index >= 15 is 0 Å². The Labute approximate surface area is 125 Å². The normalized spacial score (nSPS) is 12.7. The lowest BCUT2D eigenvalue weighted by Gasteiger charge is -2.24. The van der Waals surface area contributed by atoms with Crippen LogP contribution in [0, 0.1) is 11.6 Å². The van der Waals surface area contributed by atoms with Crippen molar-refractivity contribution in [1.82, 2.24) is 10.0 Å². The standard InChI is InChI=1S/C14H22F2N2O2S/c1-5-14(3,4)18-21(19,20)12-8-10(9-17-6-2)7-11(15)13(12)16/h7-8,17-18H,5-6,9H2,1-4H3. The van der Waals surface area contributed by atoms with E-state index in [1.54, 1.807) is 20.8 Å². The molecule has 120 valence electrons. The summed E-state index contributed by atoms with van der Waals surface area (Å²) in [5.41, 5.74) is -0.357. The lowest BCUT2D eigenvalue weighted by molar-refractivity contribution is 0.433. The van der Waals surface area contributed by atoms with E-state index in [0.29, 0.717) is 18.5 Å². The van der Waals surface area contributed by atoms with Crippen LogP contribution in [0.3, 0.4) is 0 Å². The van der Waals surface area contributed by atoms with Crippen LogP contribution in [0.25, 0.3) is 0 Å². The second kappa shape index (κ2) is 6.81. The summed E-state index contributed by atoms with van der Waals surface area (Å²) in [6.07, 6.45) is 0.521. The summed E-state index contributed by atoms with van der Waals surface area (Å²) >= 11 is 0. The Morgan fingerprint density at radius 3 is 2.33 bits per heavy atom. The van der Waals surface area contributed by atoms with E-state index in [4.69, 9.17) is 0 Å². The molecule has 0 radical (unpaired) electrons. The topological polar surface area (TPSA) is 58.2 Å². The number of sulfonamides is 1. The van der Waals surface area contributed by atoms with Gasteiger partial charge in [0.15, 0.2) is 11.6 Å². The van der Waals surface area contributed by atoms with Gasteiger partial charge < -0.3 is 5.32 Å². The number of rotatable bonds is 7. The Morgan fingerprint density at radius 1 is 1.19 bits per heavy atom. The van der Waals surface area contributed by atoms with Crippen LogP contribution in [-0.2, 0) is 16.6 Å². The van der Waals surface area contributed by atoms with Gasteiger partial charge in [-0.05, 0) is 44.5 Å². The molecule has 21 heavy (non-hydrogen) atoms. The Bertz CT molecular complexity index is 601. The fourth-order valence-corrected chi connectivity index (χ4v) is 3.30. The zero-order valence-electron chi connectivity index (χ0n) is 12.8. The van der Waals surface area contributed by atoms with Crippen molar-refractivity contribution < 1.29 is 17.2 Å². The van der Waals surface area contributed by atoms with Gasteiger partial charge in [-0.3, -0.25) is 0 Å². The zero-order valence-corrected chi connectivity index (χ0v) is 13.6. The maximum absolute atomic E-state index is 13.9. The summed E-state index contributed by atoms with van der Waals surface area (Å²) < 4.78 is 54.4. The average molecular weight is 320 g/mol. The Balaban J connectivity index is 3.24. The molecule has 0 atom stereocenters. The fraction of sp³-hybridized carbons (Fsp3) is 0.571. The van der Waals surface area contributed by atoms with E-state index in [-0.39, 0.29) is 6.54 Å². The molecule has 0 aliphatic carbocycles. The number of hydrogen-bond donors (Lipinski definition) is 2. The molecule has 0 aliphatic heterocycles. The van der Waals surface area contributed by atoms with Gasteiger partial charge in [0.25, 0.3) is 0 Å². The van der Waals surface area contributed by atoms with Crippen molar-refractivity contribution in [3.63, 3.8) is 0 Å². The van der Waals surface area contributed by atoms with E-state index < -0.39 is 32.1 Å². The highest BCUT2D eigenvalue weighted by molar-refractivity contribution is 7.89. The van der Waals surface area contributed by atoms with Crippen LogP contribution in [0.4, 0.5) is 8.78 Å². The van der Waals surface area contributed by atoms with Gasteiger partial charge in [-0.15, -0.1) is 0 Å². The quantitative estimate of drug-likeness (QED) is 0.812. The van der Waals surface area contributed by atoms with Gasteiger partial charge in [-0.25, -0.2) is 21.9 Å². The second-order valence-electron chi connectivity index (χ2n) is 5.51. The van der Waals surface area contributed by atoms with Crippen molar-refractivity contribution in [2.24, 2.45) is 0 Å². The molecule has 0 bridgehead atoms. The van der Waals surface area contributed by atoms with Crippen molar-refractivity contribution >= 4 is 10.0 Å². The van der Waals surface area contributed by atoms with Crippen LogP contribution in [0.15, 0.2) is 17.0 Å². The second-order valence-corrected chi connectivity index (χ2v) is 7.16. The summed E-state index contributed by atoms with van der Waals surface area (Å²) in [6.45, 7) is 7.95. The van der Waals surface area contributed by atoms with Crippen molar-refractivity contribution in [3.8, 4) is 0 Å². The smallest absolute Gasteiger partial charge is 0.244 e. The summed E-state index contributed by atoms with van der Waals surface area (Å²) in [5.74, 6) is -2.52. The Morgan fingerprint density at radius 2 is 1.81 bits per heavy atom. The van der Waals surface area contributed by atoms with E-state index in [2.05, 4.69) is 10.0 Å². The fourth-order valence-electron chi connectivity index (χ4n) is 1.68. The molecule has 0 spiro atoms. The molecule has 0 aliphatic rings. The van der Waals surface area contributed by atoms with Gasteiger partial charge in [0.1, 0.15) is 4.90 Å². The van der Waals surface area contributed by atoms with Crippen LogP contribution in [0.1, 0.15) is 39.7 Å². The van der Waals surface area contributed by atoms with Gasteiger partial charge in [0, 0.05) is 12.1 Å². The molecule has 7 heteroatoms. The molecule has 0 heterocycles. The highest BCUT2D eigenvalue weighted by Crippen LogP contribution is 2.22. The van der Waals surface area contributed by atoms with Gasteiger partial charge in [0.05, 0.1) is 0 Å². The minimum atomic E-state index is -4.12. The third kappa shape index (κ3) is 4.72.